The number of hydrogen-bond donors (Lipinski definition) is 0. The molecule has 0 spiro atoms. The summed E-state index contributed by atoms with van der Waals surface area (Å²) < 4.78 is 65.8. The zero-order valence-corrected chi connectivity index (χ0v) is 27.9. The molecule has 2 fully saturated rings. The summed E-state index contributed by atoms with van der Waals surface area (Å²) in [5, 5.41) is 0. The van der Waals surface area contributed by atoms with Crippen molar-refractivity contribution in [2.75, 3.05) is 6.61 Å². The van der Waals surface area contributed by atoms with E-state index in [0.717, 1.165) is 56.3 Å². The molecule has 0 unspecified atom stereocenters. The molecule has 1 nitrogen and oxygen atoms in total. The Hall–Kier alpha value is -2.82. The molecule has 5 heteroatoms. The van der Waals surface area contributed by atoms with Crippen molar-refractivity contribution in [3.8, 4) is 28.0 Å². The van der Waals surface area contributed by atoms with Gasteiger partial charge in [0.2, 0.25) is 5.82 Å². The second-order valence-electron chi connectivity index (χ2n) is 13.9. The quantitative estimate of drug-likeness (QED) is 0.126. The van der Waals surface area contributed by atoms with E-state index in [4.69, 9.17) is 4.74 Å². The van der Waals surface area contributed by atoms with E-state index in [0.29, 0.717) is 23.3 Å². The third-order valence-electron chi connectivity index (χ3n) is 10.9. The summed E-state index contributed by atoms with van der Waals surface area (Å²) in [5.41, 5.74) is 1.70. The molecule has 2 saturated carbocycles. The van der Waals surface area contributed by atoms with Crippen molar-refractivity contribution < 1.29 is 22.3 Å². The van der Waals surface area contributed by atoms with Crippen LogP contribution in [0.5, 0.6) is 5.75 Å². The molecule has 0 heterocycles. The van der Waals surface area contributed by atoms with Gasteiger partial charge in [-0.2, -0.15) is 4.39 Å². The van der Waals surface area contributed by atoms with Gasteiger partial charge in [-0.3, -0.25) is 0 Å². The highest BCUT2D eigenvalue weighted by molar-refractivity contribution is 5.72. The van der Waals surface area contributed by atoms with E-state index in [2.05, 4.69) is 6.92 Å². The molecule has 3 aromatic rings. The fourth-order valence-electron chi connectivity index (χ4n) is 8.01. The van der Waals surface area contributed by atoms with Crippen molar-refractivity contribution in [3.63, 3.8) is 0 Å². The van der Waals surface area contributed by atoms with Crippen molar-refractivity contribution in [1.82, 2.24) is 0 Å². The summed E-state index contributed by atoms with van der Waals surface area (Å²) in [6.45, 7) is 4.59. The molecule has 0 aromatic heterocycles. The van der Waals surface area contributed by atoms with Crippen LogP contribution >= 0.6 is 0 Å². The number of ether oxygens (including phenoxy) is 1. The van der Waals surface area contributed by atoms with Crippen LogP contribution in [0.3, 0.4) is 0 Å². The Morgan fingerprint density at radius 1 is 0.543 bits per heavy atom. The summed E-state index contributed by atoms with van der Waals surface area (Å²) in [5.74, 6) is -1.24. The first-order valence-corrected chi connectivity index (χ1v) is 18.1. The second kappa shape index (κ2) is 16.8. The summed E-state index contributed by atoms with van der Waals surface area (Å²) in [6.07, 6.45) is 19.3. The Balaban J connectivity index is 1.16. The molecule has 3 aromatic carbocycles. The molecular weight excluding hydrogens is 584 g/mol. The summed E-state index contributed by atoms with van der Waals surface area (Å²) >= 11 is 0. The minimum atomic E-state index is -1.02. The lowest BCUT2D eigenvalue weighted by Gasteiger charge is -2.38. The highest BCUT2D eigenvalue weighted by atomic mass is 19.2. The second-order valence-corrected chi connectivity index (χ2v) is 13.9. The van der Waals surface area contributed by atoms with Gasteiger partial charge in [0.15, 0.2) is 23.2 Å². The fourth-order valence-corrected chi connectivity index (χ4v) is 8.01. The van der Waals surface area contributed by atoms with E-state index in [-0.39, 0.29) is 22.8 Å². The predicted molar refractivity (Wildman–Crippen MR) is 181 cm³/mol. The lowest BCUT2D eigenvalue weighted by Crippen LogP contribution is -2.25. The maximum absolute atomic E-state index is 15.5. The Morgan fingerprint density at radius 2 is 1.09 bits per heavy atom. The molecule has 2 aliphatic carbocycles. The zero-order valence-electron chi connectivity index (χ0n) is 27.9. The lowest BCUT2D eigenvalue weighted by atomic mass is 9.68. The number of unbranched alkanes of at least 4 members (excludes halogenated alkanes) is 5. The van der Waals surface area contributed by atoms with E-state index in [1.807, 2.05) is 6.92 Å². The van der Waals surface area contributed by atoms with Gasteiger partial charge in [-0.15, -0.1) is 0 Å². The van der Waals surface area contributed by atoms with Crippen LogP contribution < -0.4 is 4.74 Å². The molecule has 46 heavy (non-hydrogen) atoms. The van der Waals surface area contributed by atoms with Gasteiger partial charge in [0.25, 0.3) is 0 Å². The molecule has 2 aliphatic rings. The first-order chi connectivity index (χ1) is 22.4. The Kier molecular flexibility index (Phi) is 12.6. The maximum atomic E-state index is 15.5. The third-order valence-corrected chi connectivity index (χ3v) is 10.9. The van der Waals surface area contributed by atoms with Gasteiger partial charge in [-0.1, -0.05) is 108 Å². The highest BCUT2D eigenvalue weighted by Crippen LogP contribution is 2.45. The Bertz CT molecular complexity index is 1380. The van der Waals surface area contributed by atoms with Crippen LogP contribution in [0.2, 0.25) is 0 Å². The third kappa shape index (κ3) is 8.36. The molecule has 0 amide bonds. The SMILES string of the molecule is CCCCCCCC1CCC(C2CCC(c3ccc(-c4ccc(-c5ccc(OCCCC)c(F)c5F)cc4)c(F)c3F)CC2)CC1. The summed E-state index contributed by atoms with van der Waals surface area (Å²) in [4.78, 5) is 0. The standard InChI is InChI=1S/C41H52F4O/c1-3-5-7-8-9-10-28-11-13-29(14-12-28)30-15-17-31(18-16-30)34-23-24-35(39(43)38(34)42)32-19-21-33(22-20-32)36-25-26-37(41(45)40(36)44)46-27-6-4-2/h19-26,28-31H,3-18,27H2,1-2H3. The van der Waals surface area contributed by atoms with Gasteiger partial charge in [0, 0.05) is 11.1 Å². The van der Waals surface area contributed by atoms with Crippen LogP contribution in [-0.2, 0) is 0 Å². The lowest BCUT2D eigenvalue weighted by molar-refractivity contribution is 0.155. The highest BCUT2D eigenvalue weighted by Gasteiger charge is 2.32. The molecule has 0 radical (unpaired) electrons. The van der Waals surface area contributed by atoms with Crippen molar-refractivity contribution in [2.24, 2.45) is 17.8 Å². The van der Waals surface area contributed by atoms with Gasteiger partial charge in [-0.25, -0.2) is 13.2 Å². The van der Waals surface area contributed by atoms with Crippen LogP contribution in [0.1, 0.15) is 128 Å². The van der Waals surface area contributed by atoms with E-state index in [1.54, 1.807) is 36.4 Å². The largest absolute Gasteiger partial charge is 0.490 e. The van der Waals surface area contributed by atoms with Gasteiger partial charge in [0.05, 0.1) is 6.61 Å². The molecule has 0 aliphatic heterocycles. The molecule has 0 atom stereocenters. The van der Waals surface area contributed by atoms with Crippen LogP contribution in [-0.4, -0.2) is 6.61 Å². The number of rotatable bonds is 14. The molecular formula is C41H52F4O. The molecule has 0 saturated heterocycles. The van der Waals surface area contributed by atoms with Crippen LogP contribution in [0.4, 0.5) is 17.6 Å². The molecule has 0 N–H and O–H groups in total. The molecule has 250 valence electrons. The van der Waals surface area contributed by atoms with E-state index < -0.39 is 23.3 Å². The minimum absolute atomic E-state index is 0.0495. The van der Waals surface area contributed by atoms with E-state index in [9.17, 15) is 8.78 Å². The monoisotopic (exact) mass is 636 g/mol. The first-order valence-electron chi connectivity index (χ1n) is 18.1. The van der Waals surface area contributed by atoms with Gasteiger partial charge < -0.3 is 4.74 Å². The Labute approximate surface area is 274 Å². The van der Waals surface area contributed by atoms with E-state index >= 15 is 8.78 Å². The smallest absolute Gasteiger partial charge is 0.201 e. The van der Waals surface area contributed by atoms with E-state index in [1.165, 1.54) is 76.3 Å². The van der Waals surface area contributed by atoms with Crippen molar-refractivity contribution >= 4 is 0 Å². The average molecular weight is 637 g/mol. The van der Waals surface area contributed by atoms with Crippen molar-refractivity contribution in [2.45, 2.75) is 122 Å². The van der Waals surface area contributed by atoms with Gasteiger partial charge in [0.1, 0.15) is 0 Å². The number of hydrogen-bond acceptors (Lipinski definition) is 1. The van der Waals surface area contributed by atoms with Crippen LogP contribution in [0.15, 0.2) is 48.5 Å². The average Bonchev–Trinajstić information content (AvgIpc) is 3.08. The fraction of sp³-hybridized carbons (Fsp3) is 0.561. The normalized spacial score (nSPS) is 21.8. The van der Waals surface area contributed by atoms with Crippen LogP contribution in [0.25, 0.3) is 22.3 Å². The minimum Gasteiger partial charge on any atom is -0.490 e. The summed E-state index contributed by atoms with van der Waals surface area (Å²) in [6, 6.07) is 12.8. The molecule has 5 rings (SSSR count). The van der Waals surface area contributed by atoms with Gasteiger partial charge >= 0.3 is 0 Å². The van der Waals surface area contributed by atoms with Gasteiger partial charge in [-0.05, 0) is 97.4 Å². The molecule has 0 bridgehead atoms. The Morgan fingerprint density at radius 3 is 1.70 bits per heavy atom. The zero-order chi connectivity index (χ0) is 32.5. The maximum Gasteiger partial charge on any atom is 0.201 e. The number of benzene rings is 3. The number of halogens is 4. The van der Waals surface area contributed by atoms with Crippen LogP contribution in [0, 0.1) is 41.0 Å². The van der Waals surface area contributed by atoms with Crippen molar-refractivity contribution in [1.29, 1.82) is 0 Å². The van der Waals surface area contributed by atoms with Crippen molar-refractivity contribution in [3.05, 3.63) is 77.4 Å². The first kappa shape index (κ1) is 34.5. The predicted octanol–water partition coefficient (Wildman–Crippen LogP) is 13.2. The summed E-state index contributed by atoms with van der Waals surface area (Å²) in [7, 11) is 0. The topological polar surface area (TPSA) is 9.23 Å².